The molecule has 68 valence electrons. The van der Waals surface area contributed by atoms with E-state index in [1.54, 1.807) is 0 Å². The second-order valence-electron chi connectivity index (χ2n) is 2.49. The SMILES string of the molecule is C=C(CCCCC(=O)O)C(=O)[O-].[K+]. The van der Waals surface area contributed by atoms with Crippen LogP contribution in [0.3, 0.4) is 0 Å². The van der Waals surface area contributed by atoms with Gasteiger partial charge in [0.05, 0.1) is 5.97 Å². The normalized spacial score (nSPS) is 8.62. The summed E-state index contributed by atoms with van der Waals surface area (Å²) >= 11 is 0. The van der Waals surface area contributed by atoms with Crippen molar-refractivity contribution in [2.75, 3.05) is 0 Å². The molecule has 5 heteroatoms. The van der Waals surface area contributed by atoms with Gasteiger partial charge in [-0.05, 0) is 24.8 Å². The van der Waals surface area contributed by atoms with E-state index in [0.29, 0.717) is 19.3 Å². The maximum absolute atomic E-state index is 10.1. The van der Waals surface area contributed by atoms with Crippen LogP contribution in [0.25, 0.3) is 0 Å². The minimum absolute atomic E-state index is 0. The van der Waals surface area contributed by atoms with Crippen LogP contribution in [0.1, 0.15) is 25.7 Å². The van der Waals surface area contributed by atoms with Crippen LogP contribution >= 0.6 is 0 Å². The molecule has 1 N–H and O–H groups in total. The molecule has 0 aliphatic rings. The van der Waals surface area contributed by atoms with Gasteiger partial charge in [0.1, 0.15) is 0 Å². The molecule has 0 saturated carbocycles. The third-order valence-electron chi connectivity index (χ3n) is 1.41. The van der Waals surface area contributed by atoms with Gasteiger partial charge in [-0.15, -0.1) is 0 Å². The topological polar surface area (TPSA) is 77.4 Å². The van der Waals surface area contributed by atoms with Gasteiger partial charge in [0, 0.05) is 6.42 Å². The van der Waals surface area contributed by atoms with Crippen LogP contribution in [-0.4, -0.2) is 17.0 Å². The second-order valence-corrected chi connectivity index (χ2v) is 2.49. The van der Waals surface area contributed by atoms with E-state index in [1.807, 2.05) is 0 Å². The molecule has 0 radical (unpaired) electrons. The summed E-state index contributed by atoms with van der Waals surface area (Å²) < 4.78 is 0. The fourth-order valence-corrected chi connectivity index (χ4v) is 0.717. The van der Waals surface area contributed by atoms with Crippen molar-refractivity contribution in [2.24, 2.45) is 0 Å². The molecule has 0 aromatic heterocycles. The Morgan fingerprint density at radius 3 is 2.08 bits per heavy atom. The number of carboxylic acid groups (broad SMARTS) is 2. The Morgan fingerprint density at radius 2 is 1.69 bits per heavy atom. The summed E-state index contributed by atoms with van der Waals surface area (Å²) in [4.78, 5) is 20.1. The summed E-state index contributed by atoms with van der Waals surface area (Å²) in [5.41, 5.74) is 0.0281. The van der Waals surface area contributed by atoms with Crippen molar-refractivity contribution in [3.8, 4) is 0 Å². The third-order valence-corrected chi connectivity index (χ3v) is 1.41. The summed E-state index contributed by atoms with van der Waals surface area (Å²) in [6, 6.07) is 0. The van der Waals surface area contributed by atoms with E-state index in [9.17, 15) is 14.7 Å². The van der Waals surface area contributed by atoms with E-state index >= 15 is 0 Å². The monoisotopic (exact) mass is 210 g/mol. The Labute approximate surface area is 119 Å². The molecule has 0 aromatic rings. The number of hydrogen-bond donors (Lipinski definition) is 1. The zero-order valence-electron chi connectivity index (χ0n) is 7.71. The van der Waals surface area contributed by atoms with E-state index in [1.165, 1.54) is 0 Å². The fraction of sp³-hybridized carbons (Fsp3) is 0.500. The molecule has 0 aliphatic heterocycles. The Morgan fingerprint density at radius 1 is 1.23 bits per heavy atom. The molecular formula is C8H11KO4. The van der Waals surface area contributed by atoms with Crippen molar-refractivity contribution in [3.63, 3.8) is 0 Å². The first kappa shape index (κ1) is 15.8. The molecule has 0 rings (SSSR count). The van der Waals surface area contributed by atoms with Crippen LogP contribution in [0, 0.1) is 0 Å². The van der Waals surface area contributed by atoms with Crippen molar-refractivity contribution in [1.82, 2.24) is 0 Å². The first-order chi connectivity index (χ1) is 5.54. The van der Waals surface area contributed by atoms with Gasteiger partial charge < -0.3 is 15.0 Å². The van der Waals surface area contributed by atoms with E-state index in [-0.39, 0.29) is 63.4 Å². The van der Waals surface area contributed by atoms with Gasteiger partial charge in [0.2, 0.25) is 0 Å². The molecule has 4 nitrogen and oxygen atoms in total. The molecule has 0 aromatic carbocycles. The van der Waals surface area contributed by atoms with Gasteiger partial charge in [0.15, 0.2) is 0 Å². The smallest absolute Gasteiger partial charge is 0.545 e. The molecule has 0 bridgehead atoms. The Bertz CT molecular complexity index is 200. The van der Waals surface area contributed by atoms with E-state index in [2.05, 4.69) is 6.58 Å². The summed E-state index contributed by atoms with van der Waals surface area (Å²) in [6.07, 6.45) is 1.37. The predicted octanol–water partition coefficient (Wildman–Crippen LogP) is -3.06. The molecule has 0 amide bonds. The summed E-state index contributed by atoms with van der Waals surface area (Å²) in [6.45, 7) is 3.26. The van der Waals surface area contributed by atoms with Gasteiger partial charge in [-0.1, -0.05) is 6.58 Å². The van der Waals surface area contributed by atoms with Crippen LogP contribution in [0.4, 0.5) is 0 Å². The average Bonchev–Trinajstić information content (AvgIpc) is 1.97. The Kier molecular flexibility index (Phi) is 10.8. The molecule has 0 saturated heterocycles. The van der Waals surface area contributed by atoms with Crippen molar-refractivity contribution in [2.45, 2.75) is 25.7 Å². The van der Waals surface area contributed by atoms with Crippen molar-refractivity contribution >= 4 is 11.9 Å². The summed E-state index contributed by atoms with van der Waals surface area (Å²) in [5, 5.41) is 18.3. The quantitative estimate of drug-likeness (QED) is 0.287. The first-order valence-corrected chi connectivity index (χ1v) is 3.65. The molecule has 0 heterocycles. The van der Waals surface area contributed by atoms with Crippen LogP contribution in [-0.2, 0) is 9.59 Å². The van der Waals surface area contributed by atoms with Gasteiger partial charge in [0.25, 0.3) is 0 Å². The van der Waals surface area contributed by atoms with Gasteiger partial charge in [-0.3, -0.25) is 4.79 Å². The minimum atomic E-state index is -1.26. The second kappa shape index (κ2) is 8.89. The van der Waals surface area contributed by atoms with Crippen molar-refractivity contribution in [3.05, 3.63) is 12.2 Å². The third kappa shape index (κ3) is 10.2. The van der Waals surface area contributed by atoms with Crippen LogP contribution in [0.15, 0.2) is 12.2 Å². The molecule has 0 unspecified atom stereocenters. The molecule has 0 spiro atoms. The number of aliphatic carboxylic acids is 2. The molecule has 0 fully saturated rings. The van der Waals surface area contributed by atoms with Crippen LogP contribution in [0.2, 0.25) is 0 Å². The van der Waals surface area contributed by atoms with Gasteiger partial charge >= 0.3 is 57.4 Å². The number of hydrogen-bond acceptors (Lipinski definition) is 3. The summed E-state index contributed by atoms with van der Waals surface area (Å²) in [5.74, 6) is -2.13. The van der Waals surface area contributed by atoms with Gasteiger partial charge in [-0.25, -0.2) is 0 Å². The van der Waals surface area contributed by atoms with Gasteiger partial charge in [-0.2, -0.15) is 0 Å². The van der Waals surface area contributed by atoms with Crippen LogP contribution < -0.4 is 56.5 Å². The number of carbonyl (C=O) groups excluding carboxylic acids is 1. The van der Waals surface area contributed by atoms with Crippen molar-refractivity contribution < 1.29 is 71.2 Å². The molecule has 0 atom stereocenters. The zero-order chi connectivity index (χ0) is 9.56. The molecular weight excluding hydrogens is 199 g/mol. The largest absolute Gasteiger partial charge is 1.00 e. The standard InChI is InChI=1S/C8H12O4.K/c1-6(8(11)12)4-2-3-5-7(9)10;/h1-5H2,(H,9,10)(H,11,12);/q;+1/p-1. The minimum Gasteiger partial charge on any atom is -0.545 e. The fourth-order valence-electron chi connectivity index (χ4n) is 0.717. The Balaban J connectivity index is 0. The number of carboxylic acids is 2. The van der Waals surface area contributed by atoms with Crippen LogP contribution in [0.5, 0.6) is 0 Å². The van der Waals surface area contributed by atoms with Crippen molar-refractivity contribution in [1.29, 1.82) is 0 Å². The summed E-state index contributed by atoms with van der Waals surface area (Å²) in [7, 11) is 0. The maximum atomic E-state index is 10.1. The number of unbranched alkanes of at least 4 members (excludes halogenated alkanes) is 1. The molecule has 13 heavy (non-hydrogen) atoms. The maximum Gasteiger partial charge on any atom is 1.00 e. The molecule has 0 aliphatic carbocycles. The number of carbonyl (C=O) groups is 2. The first-order valence-electron chi connectivity index (χ1n) is 3.65. The van der Waals surface area contributed by atoms with E-state index in [4.69, 9.17) is 5.11 Å². The zero-order valence-corrected chi connectivity index (χ0v) is 10.8. The van der Waals surface area contributed by atoms with E-state index in [0.717, 1.165) is 0 Å². The van der Waals surface area contributed by atoms with E-state index < -0.39 is 11.9 Å². The average molecular weight is 210 g/mol. The number of rotatable bonds is 6. The Hall–Kier alpha value is 0.316. The predicted molar refractivity (Wildman–Crippen MR) is 40.3 cm³/mol.